The lowest BCUT2D eigenvalue weighted by Crippen LogP contribution is -3.00. The minimum absolute atomic E-state index is 0. The minimum Gasteiger partial charge on any atom is -1.00 e. The van der Waals surface area contributed by atoms with Gasteiger partial charge in [0.25, 0.3) is 0 Å². The van der Waals surface area contributed by atoms with Crippen molar-refractivity contribution in [1.29, 1.82) is 0 Å². The number of quaternary nitrogens is 1. The predicted molar refractivity (Wildman–Crippen MR) is 189 cm³/mol. The van der Waals surface area contributed by atoms with Crippen molar-refractivity contribution in [1.82, 2.24) is 0 Å². The molecule has 0 N–H and O–H groups in total. The second-order valence-electron chi connectivity index (χ2n) is 13.0. The average molecular weight is 829 g/mol. The van der Waals surface area contributed by atoms with Gasteiger partial charge in [-0.2, -0.15) is 0 Å². The third-order valence-corrected chi connectivity index (χ3v) is 9.92. The maximum atomic E-state index is 15.1. The van der Waals surface area contributed by atoms with E-state index < -0.39 is 34.9 Å². The van der Waals surface area contributed by atoms with Crippen molar-refractivity contribution < 1.29 is 76.2 Å². The molecule has 0 atom stereocenters. The van der Waals surface area contributed by atoms with Gasteiger partial charge in [0, 0.05) is 33.4 Å². The molecule has 1 aliphatic rings. The van der Waals surface area contributed by atoms with E-state index in [4.69, 9.17) is 28.4 Å². The highest BCUT2D eigenvalue weighted by Crippen LogP contribution is 2.62. The topological polar surface area (TPSA) is 55.4 Å². The molecule has 0 saturated heterocycles. The number of hydrogen-bond donors (Lipinski definition) is 0. The zero-order valence-corrected chi connectivity index (χ0v) is 33.1. The average Bonchev–Trinajstić information content (AvgIpc) is 3.29. The molecule has 1 aliphatic heterocycles. The third kappa shape index (κ3) is 7.26. The van der Waals surface area contributed by atoms with Crippen LogP contribution in [-0.4, -0.2) is 60.2 Å². The van der Waals surface area contributed by atoms with Crippen LogP contribution in [0.2, 0.25) is 0 Å². The molecule has 14 heteroatoms. The summed E-state index contributed by atoms with van der Waals surface area (Å²) in [6.45, 7) is 5.73. The standard InChI is InChI=1S/C40H44F6NO6.BrH/c1-9-11-13-47(14-12-10-2)19-23-29(21-15-25(41)33(45)26(42)16-21)35(48-3)39(52-7)37(50-5)31(23)32-24(20-47)30(22-17-27(43)34(46)28(44)18-22)36(49-4)40(53-8)38(32)51-6;/h15-18H,9-14,19-20H2,1-8H3;1H/q+1;/p-1. The van der Waals surface area contributed by atoms with E-state index >= 15 is 17.6 Å². The summed E-state index contributed by atoms with van der Waals surface area (Å²) in [4.78, 5) is 0. The van der Waals surface area contributed by atoms with Crippen LogP contribution in [0.3, 0.4) is 0 Å². The molecule has 5 rings (SSSR count). The quantitative estimate of drug-likeness (QED) is 0.0776. The number of fused-ring (bicyclic) bond motifs is 3. The molecule has 0 unspecified atom stereocenters. The molecule has 1 heterocycles. The summed E-state index contributed by atoms with van der Waals surface area (Å²) in [6, 6.07) is 3.56. The van der Waals surface area contributed by atoms with Gasteiger partial charge in [-0.15, -0.1) is 0 Å². The van der Waals surface area contributed by atoms with Gasteiger partial charge in [0.1, 0.15) is 13.1 Å². The first-order valence-corrected chi connectivity index (χ1v) is 17.3. The summed E-state index contributed by atoms with van der Waals surface area (Å²) in [5, 5.41) is 0. The second-order valence-corrected chi connectivity index (χ2v) is 13.0. The Morgan fingerprint density at radius 1 is 0.463 bits per heavy atom. The SMILES string of the molecule is CCCC[N+]1(CCCC)Cc2c(-c3cc(F)c(F)c(F)c3)c(OC)c(OC)c(OC)c2-c2c(c(-c3cc(F)c(F)c(F)c3)c(OC)c(OC)c2OC)C1.[Br-]. The Hall–Kier alpha value is -4.30. The number of rotatable bonds is 14. The fraction of sp³-hybridized carbons (Fsp3) is 0.400. The number of nitrogens with zero attached hydrogens (tertiary/aromatic N) is 1. The summed E-state index contributed by atoms with van der Waals surface area (Å²) >= 11 is 0. The zero-order valence-electron chi connectivity index (χ0n) is 31.5. The van der Waals surface area contributed by atoms with Crippen LogP contribution in [0.1, 0.15) is 50.7 Å². The van der Waals surface area contributed by atoms with Crippen molar-refractivity contribution >= 4 is 0 Å². The van der Waals surface area contributed by atoms with Gasteiger partial charge in [-0.05, 0) is 48.2 Å². The molecule has 4 aromatic rings. The van der Waals surface area contributed by atoms with E-state index in [0.29, 0.717) is 39.8 Å². The van der Waals surface area contributed by atoms with Crippen LogP contribution in [0.4, 0.5) is 26.3 Å². The minimum atomic E-state index is -1.64. The molecule has 294 valence electrons. The highest BCUT2D eigenvalue weighted by atomic mass is 79.9. The van der Waals surface area contributed by atoms with Gasteiger partial charge in [0.05, 0.1) is 55.7 Å². The van der Waals surface area contributed by atoms with Gasteiger partial charge in [0.2, 0.25) is 11.5 Å². The Balaban J connectivity index is 0.00000650. The summed E-state index contributed by atoms with van der Waals surface area (Å²) in [5.41, 5.74) is 2.01. The van der Waals surface area contributed by atoms with Crippen LogP contribution >= 0.6 is 0 Å². The van der Waals surface area contributed by atoms with Gasteiger partial charge in [0.15, 0.2) is 57.9 Å². The molecule has 0 saturated carbocycles. The molecule has 0 fully saturated rings. The first-order chi connectivity index (χ1) is 25.4. The maximum absolute atomic E-state index is 15.1. The van der Waals surface area contributed by atoms with Gasteiger partial charge in [-0.1, -0.05) is 26.7 Å². The Labute approximate surface area is 322 Å². The van der Waals surface area contributed by atoms with Crippen LogP contribution in [0.5, 0.6) is 34.5 Å². The zero-order chi connectivity index (χ0) is 38.8. The van der Waals surface area contributed by atoms with E-state index in [9.17, 15) is 8.78 Å². The number of methoxy groups -OCH3 is 6. The van der Waals surface area contributed by atoms with Gasteiger partial charge in [-0.3, -0.25) is 0 Å². The van der Waals surface area contributed by atoms with Gasteiger partial charge in [-0.25, -0.2) is 26.3 Å². The Morgan fingerprint density at radius 2 is 0.741 bits per heavy atom. The summed E-state index contributed by atoms with van der Waals surface area (Å²) in [5.74, 6) is -8.41. The van der Waals surface area contributed by atoms with Crippen LogP contribution < -0.4 is 45.4 Å². The predicted octanol–water partition coefficient (Wildman–Crippen LogP) is 7.01. The number of unbranched alkanes of at least 4 members (excludes halogenated alkanes) is 2. The largest absolute Gasteiger partial charge is 1.00 e. The van der Waals surface area contributed by atoms with E-state index in [2.05, 4.69) is 13.8 Å². The molecule has 0 spiro atoms. The second kappa shape index (κ2) is 17.4. The van der Waals surface area contributed by atoms with Gasteiger partial charge >= 0.3 is 0 Å². The van der Waals surface area contributed by atoms with Crippen molar-refractivity contribution in [3.05, 3.63) is 70.3 Å². The van der Waals surface area contributed by atoms with Crippen molar-refractivity contribution in [2.75, 3.05) is 55.7 Å². The lowest BCUT2D eigenvalue weighted by molar-refractivity contribution is -0.953. The molecule has 0 bridgehead atoms. The van der Waals surface area contributed by atoms with Crippen LogP contribution in [0.15, 0.2) is 24.3 Å². The smallest absolute Gasteiger partial charge is 0.204 e. The molecule has 7 nitrogen and oxygen atoms in total. The number of hydrogen-bond acceptors (Lipinski definition) is 6. The monoisotopic (exact) mass is 827 g/mol. The summed E-state index contributed by atoms with van der Waals surface area (Å²) < 4.78 is 125. The van der Waals surface area contributed by atoms with Crippen molar-refractivity contribution in [3.8, 4) is 67.9 Å². The fourth-order valence-corrected chi connectivity index (χ4v) is 7.61. The van der Waals surface area contributed by atoms with Crippen LogP contribution in [0.25, 0.3) is 33.4 Å². The van der Waals surface area contributed by atoms with Crippen molar-refractivity contribution in [2.24, 2.45) is 0 Å². The molecule has 54 heavy (non-hydrogen) atoms. The fourth-order valence-electron chi connectivity index (χ4n) is 7.61. The molecular weight excluding hydrogens is 784 g/mol. The number of ether oxygens (including phenoxy) is 6. The van der Waals surface area contributed by atoms with Crippen molar-refractivity contribution in [3.63, 3.8) is 0 Å². The summed E-state index contributed by atoms with van der Waals surface area (Å²) in [7, 11) is 8.29. The van der Waals surface area contributed by atoms with Gasteiger partial charge < -0.3 is 49.9 Å². The third-order valence-electron chi connectivity index (χ3n) is 9.92. The van der Waals surface area contributed by atoms with E-state index in [1.54, 1.807) is 0 Å². The molecule has 0 radical (unpaired) electrons. The molecular formula is C40H44BrF6NO6. The van der Waals surface area contributed by atoms with E-state index in [0.717, 1.165) is 49.9 Å². The maximum Gasteiger partial charge on any atom is 0.204 e. The highest BCUT2D eigenvalue weighted by molar-refractivity contribution is 5.98. The van der Waals surface area contributed by atoms with Crippen LogP contribution in [-0.2, 0) is 13.1 Å². The Bertz CT molecular complexity index is 1840. The van der Waals surface area contributed by atoms with E-state index in [-0.39, 0.29) is 86.8 Å². The molecule has 0 aliphatic carbocycles. The number of halogens is 7. The highest BCUT2D eigenvalue weighted by Gasteiger charge is 2.44. The first-order valence-electron chi connectivity index (χ1n) is 17.3. The summed E-state index contributed by atoms with van der Waals surface area (Å²) in [6.07, 6.45) is 3.15. The van der Waals surface area contributed by atoms with E-state index in [1.165, 1.54) is 42.7 Å². The van der Waals surface area contributed by atoms with Crippen molar-refractivity contribution in [2.45, 2.75) is 52.6 Å². The molecule has 0 amide bonds. The first kappa shape index (κ1) is 42.4. The van der Waals surface area contributed by atoms with Crippen LogP contribution in [0, 0.1) is 34.9 Å². The van der Waals surface area contributed by atoms with E-state index in [1.807, 2.05) is 0 Å². The Morgan fingerprint density at radius 3 is 1.00 bits per heavy atom. The lowest BCUT2D eigenvalue weighted by Gasteiger charge is -2.39. The lowest BCUT2D eigenvalue weighted by atomic mass is 9.85. The molecule has 0 aromatic heterocycles. The number of benzene rings is 4. The normalized spacial score (nSPS) is 12.9. The Kier molecular flexibility index (Phi) is 13.7. The molecule has 4 aromatic carbocycles.